The van der Waals surface area contributed by atoms with Gasteiger partial charge in [0.05, 0.1) is 10.2 Å². The zero-order valence-electron chi connectivity index (χ0n) is 12.3. The van der Waals surface area contributed by atoms with Gasteiger partial charge in [0.1, 0.15) is 6.54 Å². The molecule has 5 nitrogen and oxygen atoms in total. The lowest BCUT2D eigenvalue weighted by molar-refractivity contribution is -0.119. The van der Waals surface area contributed by atoms with E-state index in [9.17, 15) is 9.59 Å². The van der Waals surface area contributed by atoms with Gasteiger partial charge in [0.25, 0.3) is 0 Å². The van der Waals surface area contributed by atoms with Gasteiger partial charge in [0.15, 0.2) is 5.13 Å². The third-order valence-electron chi connectivity index (χ3n) is 3.40. The fourth-order valence-electron chi connectivity index (χ4n) is 2.21. The average molecular weight is 333 g/mol. The first-order valence-corrected chi connectivity index (χ1v) is 8.60. The number of hydrogen-bond acceptors (Lipinski definition) is 5. The highest BCUT2D eigenvalue weighted by molar-refractivity contribution is 7.22. The van der Waals surface area contributed by atoms with Crippen LogP contribution in [0, 0.1) is 6.92 Å². The number of carbonyl (C=O) groups is 1. The van der Waals surface area contributed by atoms with Crippen LogP contribution in [-0.4, -0.2) is 22.0 Å². The van der Waals surface area contributed by atoms with E-state index < -0.39 is 0 Å². The van der Waals surface area contributed by atoms with Crippen molar-refractivity contribution in [2.75, 3.05) is 11.4 Å². The molecule has 3 rings (SSSR count). The molecule has 0 aliphatic carbocycles. The molecule has 0 aliphatic rings. The molecule has 22 heavy (non-hydrogen) atoms. The molecule has 2 heterocycles. The SMILES string of the molecule is CCN(C(=O)Cn1c(C)csc1=O)c1nc2ccccc2s1. The van der Waals surface area contributed by atoms with Gasteiger partial charge in [0.2, 0.25) is 5.91 Å². The molecule has 0 aliphatic heterocycles. The maximum Gasteiger partial charge on any atom is 0.307 e. The summed E-state index contributed by atoms with van der Waals surface area (Å²) in [4.78, 5) is 30.4. The second-order valence-electron chi connectivity index (χ2n) is 4.83. The highest BCUT2D eigenvalue weighted by Crippen LogP contribution is 2.28. The zero-order valence-corrected chi connectivity index (χ0v) is 13.9. The summed E-state index contributed by atoms with van der Waals surface area (Å²) in [6.07, 6.45) is 0. The van der Waals surface area contributed by atoms with E-state index in [1.807, 2.05) is 38.1 Å². The molecule has 1 aromatic carbocycles. The quantitative estimate of drug-likeness (QED) is 0.738. The van der Waals surface area contributed by atoms with Crippen LogP contribution in [0.15, 0.2) is 34.4 Å². The number of thiazole rings is 2. The van der Waals surface area contributed by atoms with Crippen molar-refractivity contribution >= 4 is 43.9 Å². The molecule has 0 saturated carbocycles. The summed E-state index contributed by atoms with van der Waals surface area (Å²) in [5, 5.41) is 2.44. The first kappa shape index (κ1) is 14.9. The molecule has 1 amide bonds. The van der Waals surface area contributed by atoms with Gasteiger partial charge in [-0.3, -0.25) is 19.1 Å². The van der Waals surface area contributed by atoms with Gasteiger partial charge in [-0.25, -0.2) is 4.98 Å². The maximum atomic E-state index is 12.6. The van der Waals surface area contributed by atoms with Crippen molar-refractivity contribution in [2.24, 2.45) is 0 Å². The van der Waals surface area contributed by atoms with E-state index in [4.69, 9.17) is 0 Å². The Morgan fingerprint density at radius 1 is 1.36 bits per heavy atom. The number of aromatic nitrogens is 2. The number of carbonyl (C=O) groups excluding carboxylic acids is 1. The topological polar surface area (TPSA) is 55.2 Å². The number of anilines is 1. The van der Waals surface area contributed by atoms with Gasteiger partial charge in [-0.05, 0) is 26.0 Å². The second kappa shape index (κ2) is 6.02. The molecule has 2 aromatic heterocycles. The number of aryl methyl sites for hydroxylation is 1. The van der Waals surface area contributed by atoms with Crippen molar-refractivity contribution in [1.29, 1.82) is 0 Å². The minimum absolute atomic E-state index is 0.0535. The second-order valence-corrected chi connectivity index (χ2v) is 6.66. The lowest BCUT2D eigenvalue weighted by atomic mass is 10.3. The highest BCUT2D eigenvalue weighted by Gasteiger charge is 2.19. The molecule has 0 radical (unpaired) electrons. The Bertz CT molecular complexity index is 845. The molecule has 3 aromatic rings. The smallest absolute Gasteiger partial charge is 0.294 e. The van der Waals surface area contributed by atoms with E-state index in [0.717, 1.165) is 27.2 Å². The molecule has 0 unspecified atom stereocenters. The van der Waals surface area contributed by atoms with Crippen LogP contribution in [0.25, 0.3) is 10.2 Å². The number of benzene rings is 1. The van der Waals surface area contributed by atoms with Gasteiger partial charge in [-0.2, -0.15) is 0 Å². The van der Waals surface area contributed by atoms with Crippen LogP contribution in [0.2, 0.25) is 0 Å². The van der Waals surface area contributed by atoms with Gasteiger partial charge >= 0.3 is 4.87 Å². The minimum atomic E-state index is -0.120. The van der Waals surface area contributed by atoms with Crippen molar-refractivity contribution in [3.8, 4) is 0 Å². The summed E-state index contributed by atoms with van der Waals surface area (Å²) in [6, 6.07) is 7.80. The van der Waals surface area contributed by atoms with E-state index in [0.29, 0.717) is 11.7 Å². The summed E-state index contributed by atoms with van der Waals surface area (Å²) in [5.74, 6) is -0.120. The Morgan fingerprint density at radius 3 is 2.77 bits per heavy atom. The van der Waals surface area contributed by atoms with Crippen LogP contribution in [0.3, 0.4) is 0 Å². The molecule has 114 valence electrons. The normalized spacial score (nSPS) is 11.0. The van der Waals surface area contributed by atoms with E-state index in [-0.39, 0.29) is 17.3 Å². The maximum absolute atomic E-state index is 12.6. The van der Waals surface area contributed by atoms with Crippen molar-refractivity contribution in [3.05, 3.63) is 45.0 Å². The van der Waals surface area contributed by atoms with Crippen LogP contribution < -0.4 is 9.77 Å². The van der Waals surface area contributed by atoms with Gasteiger partial charge in [0, 0.05) is 17.6 Å². The lowest BCUT2D eigenvalue weighted by Crippen LogP contribution is -2.35. The molecule has 0 bridgehead atoms. The van der Waals surface area contributed by atoms with Crippen molar-refractivity contribution < 1.29 is 4.79 Å². The number of likely N-dealkylation sites (N-methyl/N-ethyl adjacent to an activating group) is 1. The van der Waals surface area contributed by atoms with E-state index >= 15 is 0 Å². The number of fused-ring (bicyclic) bond motifs is 1. The predicted octanol–water partition coefficient (Wildman–Crippen LogP) is 2.88. The fourth-order valence-corrected chi connectivity index (χ4v) is 3.99. The molecular formula is C15H15N3O2S2. The number of hydrogen-bond donors (Lipinski definition) is 0. The van der Waals surface area contributed by atoms with E-state index in [1.165, 1.54) is 15.9 Å². The summed E-state index contributed by atoms with van der Waals surface area (Å²) in [6.45, 7) is 4.32. The Hall–Kier alpha value is -1.99. The van der Waals surface area contributed by atoms with Crippen LogP contribution in [-0.2, 0) is 11.3 Å². The van der Waals surface area contributed by atoms with Crippen LogP contribution in [0.4, 0.5) is 5.13 Å². The Balaban J connectivity index is 1.90. The molecule has 0 atom stereocenters. The summed E-state index contributed by atoms with van der Waals surface area (Å²) >= 11 is 2.60. The fraction of sp³-hybridized carbons (Fsp3) is 0.267. The van der Waals surface area contributed by atoms with Crippen LogP contribution in [0.1, 0.15) is 12.6 Å². The number of nitrogens with zero attached hydrogens (tertiary/aromatic N) is 3. The highest BCUT2D eigenvalue weighted by atomic mass is 32.1. The Morgan fingerprint density at radius 2 is 2.14 bits per heavy atom. The van der Waals surface area contributed by atoms with E-state index in [2.05, 4.69) is 4.98 Å². The van der Waals surface area contributed by atoms with Crippen molar-refractivity contribution in [2.45, 2.75) is 20.4 Å². The third kappa shape index (κ3) is 2.69. The summed E-state index contributed by atoms with van der Waals surface area (Å²) in [7, 11) is 0. The first-order chi connectivity index (χ1) is 10.6. The zero-order chi connectivity index (χ0) is 15.7. The Kier molecular flexibility index (Phi) is 4.08. The third-order valence-corrected chi connectivity index (χ3v) is 5.34. The van der Waals surface area contributed by atoms with Gasteiger partial charge in [-0.15, -0.1) is 0 Å². The molecule has 0 fully saturated rings. The summed E-state index contributed by atoms with van der Waals surface area (Å²) in [5.41, 5.74) is 1.70. The van der Waals surface area contributed by atoms with Crippen LogP contribution >= 0.6 is 22.7 Å². The Labute approximate surface area is 135 Å². The van der Waals surface area contributed by atoms with E-state index in [1.54, 1.807) is 10.3 Å². The standard InChI is InChI=1S/C15H15N3O2S2/c1-3-17(13(19)8-18-10(2)9-21-15(18)20)14-16-11-6-4-5-7-12(11)22-14/h4-7,9H,3,8H2,1-2H3. The largest absolute Gasteiger partial charge is 0.307 e. The molecule has 0 saturated heterocycles. The van der Waals surface area contributed by atoms with Crippen molar-refractivity contribution in [1.82, 2.24) is 9.55 Å². The van der Waals surface area contributed by atoms with Gasteiger partial charge < -0.3 is 0 Å². The lowest BCUT2D eigenvalue weighted by Gasteiger charge is -2.18. The molecular weight excluding hydrogens is 318 g/mol. The molecule has 0 spiro atoms. The predicted molar refractivity (Wildman–Crippen MR) is 91.0 cm³/mol. The first-order valence-electron chi connectivity index (χ1n) is 6.91. The molecule has 0 N–H and O–H groups in total. The molecule has 7 heteroatoms. The average Bonchev–Trinajstić information content (AvgIpc) is 3.06. The monoisotopic (exact) mass is 333 g/mol. The number of rotatable bonds is 4. The number of para-hydroxylation sites is 1. The summed E-state index contributed by atoms with van der Waals surface area (Å²) < 4.78 is 2.55. The van der Waals surface area contributed by atoms with Crippen molar-refractivity contribution in [3.63, 3.8) is 0 Å². The minimum Gasteiger partial charge on any atom is -0.294 e. The van der Waals surface area contributed by atoms with Crippen LogP contribution in [0.5, 0.6) is 0 Å². The number of amides is 1. The van der Waals surface area contributed by atoms with Gasteiger partial charge in [-0.1, -0.05) is 34.8 Å².